The summed E-state index contributed by atoms with van der Waals surface area (Å²) in [5, 5.41) is 13.8. The molecule has 1 unspecified atom stereocenters. The van der Waals surface area contributed by atoms with Gasteiger partial charge in [-0.25, -0.2) is 0 Å². The van der Waals surface area contributed by atoms with Gasteiger partial charge in [-0.1, -0.05) is 0 Å². The van der Waals surface area contributed by atoms with E-state index in [-0.39, 0.29) is 11.9 Å². The highest BCUT2D eigenvalue weighted by Crippen LogP contribution is 2.07. The number of hydrogen-bond donors (Lipinski definition) is 2. The van der Waals surface area contributed by atoms with Crippen molar-refractivity contribution < 1.29 is 9.21 Å². The van der Waals surface area contributed by atoms with Gasteiger partial charge in [0.25, 0.3) is 5.91 Å². The average Bonchev–Trinajstić information content (AvgIpc) is 2.99. The minimum Gasteiger partial charge on any atom is -0.469 e. The fraction of sp³-hybridized carbons (Fsp3) is 0.400. The van der Waals surface area contributed by atoms with Crippen molar-refractivity contribution in [1.82, 2.24) is 15.5 Å². The summed E-state index contributed by atoms with van der Waals surface area (Å²) >= 11 is 0. The molecule has 2 aromatic rings. The first-order valence-electron chi connectivity index (χ1n) is 7.10. The van der Waals surface area contributed by atoms with Gasteiger partial charge in [-0.05, 0) is 44.5 Å². The highest BCUT2D eigenvalue weighted by atomic mass is 16.3. The molecule has 6 heteroatoms. The van der Waals surface area contributed by atoms with Crippen LogP contribution in [-0.2, 0) is 6.42 Å². The molecule has 0 aliphatic heterocycles. The first kappa shape index (κ1) is 15.0. The molecule has 0 aliphatic carbocycles. The molecule has 0 bridgehead atoms. The van der Waals surface area contributed by atoms with Gasteiger partial charge < -0.3 is 15.1 Å². The molecule has 0 aromatic carbocycles. The van der Waals surface area contributed by atoms with Crippen LogP contribution in [-0.4, -0.2) is 28.7 Å². The highest BCUT2D eigenvalue weighted by molar-refractivity contribution is 5.92. The third-order valence-corrected chi connectivity index (χ3v) is 3.04. The number of rotatable bonds is 7. The third-order valence-electron chi connectivity index (χ3n) is 3.04. The smallest absolute Gasteiger partial charge is 0.272 e. The van der Waals surface area contributed by atoms with Crippen molar-refractivity contribution >= 4 is 11.7 Å². The van der Waals surface area contributed by atoms with Gasteiger partial charge in [-0.2, -0.15) is 0 Å². The number of amides is 1. The lowest BCUT2D eigenvalue weighted by Gasteiger charge is -2.12. The number of aryl methyl sites for hydroxylation is 1. The number of carbonyl (C=O) groups is 1. The van der Waals surface area contributed by atoms with E-state index in [1.165, 1.54) is 0 Å². The second-order valence-corrected chi connectivity index (χ2v) is 4.83. The van der Waals surface area contributed by atoms with Crippen LogP contribution in [0.1, 0.15) is 36.5 Å². The molecular weight excluding hydrogens is 268 g/mol. The molecule has 0 fully saturated rings. The molecule has 1 atom stereocenters. The van der Waals surface area contributed by atoms with E-state index in [0.29, 0.717) is 11.5 Å². The lowest BCUT2D eigenvalue weighted by Crippen LogP contribution is -2.33. The van der Waals surface area contributed by atoms with Crippen LogP contribution in [0.15, 0.2) is 34.9 Å². The first-order chi connectivity index (χ1) is 10.2. The molecule has 1 amide bonds. The minimum atomic E-state index is -0.211. The number of carbonyl (C=O) groups excluding carboxylic acids is 1. The average molecular weight is 288 g/mol. The maximum Gasteiger partial charge on any atom is 0.272 e. The number of nitrogens with one attached hydrogen (secondary N) is 2. The Morgan fingerprint density at radius 3 is 2.81 bits per heavy atom. The van der Waals surface area contributed by atoms with Gasteiger partial charge in [-0.3, -0.25) is 4.79 Å². The zero-order valence-electron chi connectivity index (χ0n) is 12.3. The van der Waals surface area contributed by atoms with Gasteiger partial charge in [0.15, 0.2) is 5.69 Å². The summed E-state index contributed by atoms with van der Waals surface area (Å²) in [5.74, 6) is 1.38. The van der Waals surface area contributed by atoms with Crippen LogP contribution in [0.5, 0.6) is 0 Å². The monoisotopic (exact) mass is 288 g/mol. The molecule has 0 aliphatic rings. The molecule has 2 aromatic heterocycles. The molecular formula is C15H20N4O2. The van der Waals surface area contributed by atoms with Crippen LogP contribution in [0.2, 0.25) is 0 Å². The largest absolute Gasteiger partial charge is 0.469 e. The maximum atomic E-state index is 12.0. The Labute approximate surface area is 124 Å². The fourth-order valence-corrected chi connectivity index (χ4v) is 1.91. The Morgan fingerprint density at radius 2 is 2.19 bits per heavy atom. The van der Waals surface area contributed by atoms with E-state index in [9.17, 15) is 4.79 Å². The number of furan rings is 1. The zero-order chi connectivity index (χ0) is 15.1. The molecule has 2 rings (SSSR count). The Balaban J connectivity index is 1.82. The van der Waals surface area contributed by atoms with Crippen LogP contribution in [0, 0.1) is 0 Å². The van der Waals surface area contributed by atoms with Crippen LogP contribution in [0.25, 0.3) is 0 Å². The molecule has 6 nitrogen and oxygen atoms in total. The fourth-order valence-electron chi connectivity index (χ4n) is 1.91. The van der Waals surface area contributed by atoms with Crippen molar-refractivity contribution in [3.8, 4) is 0 Å². The molecule has 0 saturated carbocycles. The number of anilines is 1. The van der Waals surface area contributed by atoms with E-state index in [1.54, 1.807) is 18.4 Å². The lowest BCUT2D eigenvalue weighted by atomic mass is 10.1. The summed E-state index contributed by atoms with van der Waals surface area (Å²) in [4.78, 5) is 12.0. The van der Waals surface area contributed by atoms with Gasteiger partial charge >= 0.3 is 0 Å². The van der Waals surface area contributed by atoms with Gasteiger partial charge in [-0.15, -0.1) is 10.2 Å². The summed E-state index contributed by atoms with van der Waals surface area (Å²) < 4.78 is 5.27. The summed E-state index contributed by atoms with van der Waals surface area (Å²) in [5.41, 5.74) is 0.321. The van der Waals surface area contributed by atoms with Crippen LogP contribution < -0.4 is 10.6 Å². The van der Waals surface area contributed by atoms with Crippen LogP contribution in [0.3, 0.4) is 0 Å². The molecule has 2 N–H and O–H groups in total. The second-order valence-electron chi connectivity index (χ2n) is 4.83. The molecule has 2 heterocycles. The Bertz CT molecular complexity index is 552. The maximum absolute atomic E-state index is 12.0. The number of aromatic nitrogens is 2. The predicted molar refractivity (Wildman–Crippen MR) is 80.2 cm³/mol. The van der Waals surface area contributed by atoms with Crippen molar-refractivity contribution in [2.75, 3.05) is 11.9 Å². The predicted octanol–water partition coefficient (Wildman–Crippen LogP) is 2.25. The topological polar surface area (TPSA) is 80.0 Å². The van der Waals surface area contributed by atoms with Gasteiger partial charge in [0.05, 0.1) is 6.26 Å². The quantitative estimate of drug-likeness (QED) is 0.817. The first-order valence-corrected chi connectivity index (χ1v) is 7.10. The lowest BCUT2D eigenvalue weighted by molar-refractivity contribution is 0.0932. The van der Waals surface area contributed by atoms with Crippen molar-refractivity contribution in [2.24, 2.45) is 0 Å². The van der Waals surface area contributed by atoms with E-state index in [4.69, 9.17) is 4.42 Å². The zero-order valence-corrected chi connectivity index (χ0v) is 12.3. The van der Waals surface area contributed by atoms with Crippen molar-refractivity contribution in [2.45, 2.75) is 32.7 Å². The van der Waals surface area contributed by atoms with Gasteiger partial charge in [0.1, 0.15) is 11.6 Å². The SMILES string of the molecule is CCNc1ccc(C(=O)NC(C)CCc2ccco2)nn1. The van der Waals surface area contributed by atoms with Gasteiger partial charge in [0, 0.05) is 19.0 Å². The summed E-state index contributed by atoms with van der Waals surface area (Å²) in [6, 6.07) is 7.25. The van der Waals surface area contributed by atoms with E-state index < -0.39 is 0 Å². The second kappa shape index (κ2) is 7.42. The molecule has 0 radical (unpaired) electrons. The van der Waals surface area contributed by atoms with Crippen molar-refractivity contribution in [1.29, 1.82) is 0 Å². The molecule has 21 heavy (non-hydrogen) atoms. The number of nitrogens with zero attached hydrogens (tertiary/aromatic N) is 2. The number of hydrogen-bond acceptors (Lipinski definition) is 5. The Kier molecular flexibility index (Phi) is 5.31. The van der Waals surface area contributed by atoms with E-state index in [0.717, 1.165) is 25.1 Å². The summed E-state index contributed by atoms with van der Waals surface area (Å²) in [6.45, 7) is 4.70. The van der Waals surface area contributed by atoms with E-state index in [1.807, 2.05) is 26.0 Å². The summed E-state index contributed by atoms with van der Waals surface area (Å²) in [6.07, 6.45) is 3.25. The highest BCUT2D eigenvalue weighted by Gasteiger charge is 2.12. The Hall–Kier alpha value is -2.37. The normalized spacial score (nSPS) is 11.9. The van der Waals surface area contributed by atoms with Crippen molar-refractivity contribution in [3.05, 3.63) is 42.0 Å². The summed E-state index contributed by atoms with van der Waals surface area (Å²) in [7, 11) is 0. The third kappa shape index (κ3) is 4.59. The van der Waals surface area contributed by atoms with Gasteiger partial charge in [0.2, 0.25) is 0 Å². The standard InChI is InChI=1S/C15H20N4O2/c1-3-16-14-9-8-13(18-19-14)15(20)17-11(2)6-7-12-5-4-10-21-12/h4-5,8-11H,3,6-7H2,1-2H3,(H,16,19)(H,17,20). The molecule has 112 valence electrons. The van der Waals surface area contributed by atoms with Crippen LogP contribution >= 0.6 is 0 Å². The van der Waals surface area contributed by atoms with Crippen molar-refractivity contribution in [3.63, 3.8) is 0 Å². The minimum absolute atomic E-state index is 0.0397. The van der Waals surface area contributed by atoms with E-state index >= 15 is 0 Å². The van der Waals surface area contributed by atoms with Crippen LogP contribution in [0.4, 0.5) is 5.82 Å². The Morgan fingerprint density at radius 1 is 1.33 bits per heavy atom. The molecule has 0 saturated heterocycles. The van der Waals surface area contributed by atoms with E-state index in [2.05, 4.69) is 20.8 Å². The molecule has 0 spiro atoms.